The van der Waals surface area contributed by atoms with Crippen LogP contribution in [0.25, 0.3) is 0 Å². The fourth-order valence-electron chi connectivity index (χ4n) is 4.72. The molecular weight excluding hydrogens is 302 g/mol. The van der Waals surface area contributed by atoms with Gasteiger partial charge >= 0.3 is 0 Å². The van der Waals surface area contributed by atoms with Crippen LogP contribution in [-0.2, 0) is 9.53 Å². The third kappa shape index (κ3) is 4.30. The van der Waals surface area contributed by atoms with Crippen molar-refractivity contribution in [2.45, 2.75) is 58.1 Å². The van der Waals surface area contributed by atoms with Crippen molar-refractivity contribution in [3.63, 3.8) is 0 Å². The molecule has 1 atom stereocenters. The first kappa shape index (κ1) is 18.2. The molecule has 0 aromatic rings. The van der Waals surface area contributed by atoms with Crippen LogP contribution in [-0.4, -0.2) is 84.7 Å². The SMILES string of the molecule is CC(=O)N1CCC2(CC1)CC(N1CCN(CC(C)C)CC1)CCO2. The summed E-state index contributed by atoms with van der Waals surface area (Å²) in [5.74, 6) is 0.966. The number of hydrogen-bond acceptors (Lipinski definition) is 4. The predicted octanol–water partition coefficient (Wildman–Crippen LogP) is 1.82. The van der Waals surface area contributed by atoms with Crippen LogP contribution in [0.1, 0.15) is 46.5 Å². The second-order valence-electron chi connectivity index (χ2n) is 8.41. The normalized spacial score (nSPS) is 29.3. The molecule has 3 fully saturated rings. The van der Waals surface area contributed by atoms with Crippen LogP contribution in [0.3, 0.4) is 0 Å². The van der Waals surface area contributed by atoms with Crippen LogP contribution >= 0.6 is 0 Å². The van der Waals surface area contributed by atoms with Crippen LogP contribution < -0.4 is 0 Å². The molecule has 0 saturated carbocycles. The monoisotopic (exact) mass is 337 g/mol. The lowest BCUT2D eigenvalue weighted by Crippen LogP contribution is -2.57. The summed E-state index contributed by atoms with van der Waals surface area (Å²) in [4.78, 5) is 18.9. The number of hydrogen-bond donors (Lipinski definition) is 0. The molecule has 5 heteroatoms. The molecule has 24 heavy (non-hydrogen) atoms. The summed E-state index contributed by atoms with van der Waals surface area (Å²) in [5, 5.41) is 0. The van der Waals surface area contributed by atoms with Crippen molar-refractivity contribution in [3.8, 4) is 0 Å². The fourth-order valence-corrected chi connectivity index (χ4v) is 4.72. The average molecular weight is 338 g/mol. The van der Waals surface area contributed by atoms with Gasteiger partial charge in [-0.2, -0.15) is 0 Å². The van der Waals surface area contributed by atoms with Crippen LogP contribution in [0.2, 0.25) is 0 Å². The van der Waals surface area contributed by atoms with Gasteiger partial charge < -0.3 is 14.5 Å². The Labute approximate surface area is 147 Å². The highest BCUT2D eigenvalue weighted by Crippen LogP contribution is 2.37. The van der Waals surface area contributed by atoms with Gasteiger partial charge in [-0.1, -0.05) is 13.8 Å². The summed E-state index contributed by atoms with van der Waals surface area (Å²) in [7, 11) is 0. The lowest BCUT2D eigenvalue weighted by molar-refractivity contribution is -0.148. The molecule has 0 aliphatic carbocycles. The van der Waals surface area contributed by atoms with Gasteiger partial charge in [0.2, 0.25) is 5.91 Å². The Morgan fingerprint density at radius 2 is 1.79 bits per heavy atom. The molecule has 0 aromatic heterocycles. The number of rotatable bonds is 3. The van der Waals surface area contributed by atoms with Crippen molar-refractivity contribution in [3.05, 3.63) is 0 Å². The lowest BCUT2D eigenvalue weighted by Gasteiger charge is -2.49. The van der Waals surface area contributed by atoms with E-state index < -0.39 is 0 Å². The molecule has 1 spiro atoms. The second kappa shape index (κ2) is 7.71. The number of piperazine rings is 1. The maximum absolute atomic E-state index is 11.6. The molecule has 1 unspecified atom stereocenters. The molecule has 3 heterocycles. The molecular formula is C19H35N3O2. The van der Waals surface area contributed by atoms with E-state index in [-0.39, 0.29) is 11.5 Å². The van der Waals surface area contributed by atoms with Gasteiger partial charge in [0, 0.05) is 65.4 Å². The third-order valence-corrected chi connectivity index (χ3v) is 6.13. The first-order valence-corrected chi connectivity index (χ1v) is 9.83. The predicted molar refractivity (Wildman–Crippen MR) is 96.0 cm³/mol. The summed E-state index contributed by atoms with van der Waals surface area (Å²) >= 11 is 0. The van der Waals surface area contributed by atoms with Crippen molar-refractivity contribution >= 4 is 5.91 Å². The van der Waals surface area contributed by atoms with Crippen molar-refractivity contribution in [2.24, 2.45) is 5.92 Å². The van der Waals surface area contributed by atoms with E-state index in [2.05, 4.69) is 23.6 Å². The van der Waals surface area contributed by atoms with Gasteiger partial charge in [0.05, 0.1) is 5.60 Å². The topological polar surface area (TPSA) is 36.0 Å². The Bertz CT molecular complexity index is 424. The van der Waals surface area contributed by atoms with Crippen LogP contribution in [0, 0.1) is 5.92 Å². The molecule has 5 nitrogen and oxygen atoms in total. The highest BCUT2D eigenvalue weighted by atomic mass is 16.5. The minimum Gasteiger partial charge on any atom is -0.375 e. The first-order chi connectivity index (χ1) is 11.5. The molecule has 1 amide bonds. The Kier molecular flexibility index (Phi) is 5.83. The average Bonchev–Trinajstić information content (AvgIpc) is 2.55. The standard InChI is InChI=1S/C19H35N3O2/c1-16(2)15-20-9-11-22(12-10-20)18-4-13-24-19(14-18)5-7-21(8-6-19)17(3)23/h16,18H,4-15H2,1-3H3. The third-order valence-electron chi connectivity index (χ3n) is 6.13. The van der Waals surface area contributed by atoms with Crippen molar-refractivity contribution < 1.29 is 9.53 Å². The molecule has 3 rings (SSSR count). The van der Waals surface area contributed by atoms with Gasteiger partial charge in [-0.15, -0.1) is 0 Å². The number of nitrogens with zero attached hydrogens (tertiary/aromatic N) is 3. The lowest BCUT2D eigenvalue weighted by atomic mass is 9.81. The highest BCUT2D eigenvalue weighted by Gasteiger charge is 2.42. The van der Waals surface area contributed by atoms with E-state index in [1.54, 1.807) is 6.92 Å². The minimum atomic E-state index is 0.0317. The van der Waals surface area contributed by atoms with Crippen LogP contribution in [0.5, 0.6) is 0 Å². The summed E-state index contributed by atoms with van der Waals surface area (Å²) in [6.45, 7) is 15.0. The van der Waals surface area contributed by atoms with E-state index in [0.717, 1.165) is 44.9 Å². The summed E-state index contributed by atoms with van der Waals surface area (Å²) in [6, 6.07) is 0.670. The first-order valence-electron chi connectivity index (χ1n) is 9.83. The molecule has 138 valence electrons. The number of ether oxygens (including phenoxy) is 1. The van der Waals surface area contributed by atoms with Crippen LogP contribution in [0.15, 0.2) is 0 Å². The van der Waals surface area contributed by atoms with Crippen LogP contribution in [0.4, 0.5) is 0 Å². The van der Waals surface area contributed by atoms with Crippen molar-refractivity contribution in [1.29, 1.82) is 0 Å². The zero-order chi connectivity index (χ0) is 17.2. The number of amides is 1. The Hall–Kier alpha value is -0.650. The maximum atomic E-state index is 11.6. The smallest absolute Gasteiger partial charge is 0.219 e. The van der Waals surface area contributed by atoms with E-state index in [1.807, 2.05) is 4.90 Å². The summed E-state index contributed by atoms with van der Waals surface area (Å²) in [6.07, 6.45) is 4.35. The van der Waals surface area contributed by atoms with E-state index in [9.17, 15) is 4.79 Å². The van der Waals surface area contributed by atoms with E-state index in [0.29, 0.717) is 6.04 Å². The van der Waals surface area contributed by atoms with E-state index >= 15 is 0 Å². The fraction of sp³-hybridized carbons (Fsp3) is 0.947. The Morgan fingerprint density at radius 3 is 2.38 bits per heavy atom. The van der Waals surface area contributed by atoms with E-state index in [1.165, 1.54) is 39.1 Å². The number of carbonyl (C=O) groups excluding carboxylic acids is 1. The summed E-state index contributed by atoms with van der Waals surface area (Å²) in [5.41, 5.74) is 0.0317. The van der Waals surface area contributed by atoms with Crippen molar-refractivity contribution in [2.75, 3.05) is 52.4 Å². The maximum Gasteiger partial charge on any atom is 0.219 e. The van der Waals surface area contributed by atoms with Gasteiger partial charge in [0.1, 0.15) is 0 Å². The van der Waals surface area contributed by atoms with Gasteiger partial charge in [-0.25, -0.2) is 0 Å². The zero-order valence-electron chi connectivity index (χ0n) is 15.8. The number of likely N-dealkylation sites (tertiary alicyclic amines) is 1. The molecule has 0 aromatic carbocycles. The molecule has 3 aliphatic rings. The van der Waals surface area contributed by atoms with Gasteiger partial charge in [0.15, 0.2) is 0 Å². The largest absolute Gasteiger partial charge is 0.375 e. The number of piperidine rings is 1. The molecule has 0 bridgehead atoms. The van der Waals surface area contributed by atoms with Gasteiger partial charge in [-0.05, 0) is 31.6 Å². The zero-order valence-corrected chi connectivity index (χ0v) is 15.8. The van der Waals surface area contributed by atoms with E-state index in [4.69, 9.17) is 4.74 Å². The highest BCUT2D eigenvalue weighted by molar-refractivity contribution is 5.73. The molecule has 0 radical (unpaired) electrons. The number of carbonyl (C=O) groups is 1. The molecule has 3 aliphatic heterocycles. The van der Waals surface area contributed by atoms with Gasteiger partial charge in [-0.3, -0.25) is 9.69 Å². The Morgan fingerprint density at radius 1 is 1.12 bits per heavy atom. The molecule has 0 N–H and O–H groups in total. The Balaban J connectivity index is 1.51. The minimum absolute atomic E-state index is 0.0317. The van der Waals surface area contributed by atoms with Gasteiger partial charge in [0.25, 0.3) is 0 Å². The summed E-state index contributed by atoms with van der Waals surface area (Å²) < 4.78 is 6.25. The molecule has 3 saturated heterocycles. The quantitative estimate of drug-likeness (QED) is 0.787. The second-order valence-corrected chi connectivity index (χ2v) is 8.41. The van der Waals surface area contributed by atoms with Crippen molar-refractivity contribution in [1.82, 2.24) is 14.7 Å².